The van der Waals surface area contributed by atoms with Crippen LogP contribution in [0.25, 0.3) is 0 Å². The Morgan fingerprint density at radius 3 is 2.86 bits per heavy atom. The number of nitrogens with zero attached hydrogens (tertiary/aromatic N) is 1. The van der Waals surface area contributed by atoms with Gasteiger partial charge in [0.1, 0.15) is 0 Å². The molecule has 2 aliphatic rings. The van der Waals surface area contributed by atoms with E-state index in [0.717, 1.165) is 32.4 Å². The number of sulfone groups is 1. The number of likely N-dealkylation sites (tertiary alicyclic amines) is 1. The fourth-order valence-electron chi connectivity index (χ4n) is 3.40. The summed E-state index contributed by atoms with van der Waals surface area (Å²) in [6.45, 7) is 4.05. The van der Waals surface area contributed by atoms with Crippen LogP contribution in [0.1, 0.15) is 32.6 Å². The van der Waals surface area contributed by atoms with Gasteiger partial charge in [-0.3, -0.25) is 9.69 Å². The minimum absolute atomic E-state index is 0.0406. The molecule has 2 fully saturated rings. The van der Waals surface area contributed by atoms with Crippen molar-refractivity contribution in [3.63, 3.8) is 0 Å². The predicted octanol–water partition coefficient (Wildman–Crippen LogP) is -0.226. The molecule has 0 aromatic rings. The van der Waals surface area contributed by atoms with Crippen molar-refractivity contribution in [2.45, 2.75) is 38.1 Å². The molecule has 2 atom stereocenters. The van der Waals surface area contributed by atoms with Gasteiger partial charge >= 0.3 is 0 Å². The van der Waals surface area contributed by atoms with Gasteiger partial charge in [0, 0.05) is 13.2 Å². The summed E-state index contributed by atoms with van der Waals surface area (Å²) < 4.78 is 23.1. The number of carbonyl (C=O) groups excluding carboxylic acids is 1. The van der Waals surface area contributed by atoms with E-state index in [2.05, 4.69) is 10.2 Å². The van der Waals surface area contributed by atoms with Gasteiger partial charge in [-0.2, -0.15) is 0 Å². The summed E-state index contributed by atoms with van der Waals surface area (Å²) in [6.07, 6.45) is 3.43. The number of rotatable bonds is 5. The number of hydrogen-bond acceptors (Lipinski definition) is 5. The Balaban J connectivity index is 1.82. The van der Waals surface area contributed by atoms with Gasteiger partial charge in [-0.15, -0.1) is 0 Å². The van der Waals surface area contributed by atoms with Crippen molar-refractivity contribution in [1.29, 1.82) is 0 Å². The standard InChI is InChI=1S/C14H26N2O4S/c1-14(5-8-21(19,20)11-14)15-13(18)10-16-6-2-3-12(9-16)4-7-17/h12,17H,2-11H2,1H3,(H,15,18). The van der Waals surface area contributed by atoms with Crippen LogP contribution in [0.15, 0.2) is 0 Å². The highest BCUT2D eigenvalue weighted by Crippen LogP contribution is 2.23. The Labute approximate surface area is 126 Å². The molecule has 0 spiro atoms. The summed E-state index contributed by atoms with van der Waals surface area (Å²) in [5.74, 6) is 0.559. The van der Waals surface area contributed by atoms with Crippen molar-refractivity contribution in [1.82, 2.24) is 10.2 Å². The van der Waals surface area contributed by atoms with Crippen molar-refractivity contribution in [3.8, 4) is 0 Å². The third-order valence-corrected chi connectivity index (χ3v) is 6.36. The van der Waals surface area contributed by atoms with E-state index in [1.54, 1.807) is 6.92 Å². The molecule has 122 valence electrons. The number of amides is 1. The first-order chi connectivity index (χ1) is 9.82. The maximum absolute atomic E-state index is 12.2. The van der Waals surface area contributed by atoms with E-state index < -0.39 is 15.4 Å². The van der Waals surface area contributed by atoms with Crippen molar-refractivity contribution in [2.24, 2.45) is 5.92 Å². The summed E-state index contributed by atoms with van der Waals surface area (Å²) in [5.41, 5.74) is -0.615. The number of carbonyl (C=O) groups is 1. The molecule has 0 radical (unpaired) electrons. The van der Waals surface area contributed by atoms with Gasteiger partial charge in [0.15, 0.2) is 9.84 Å². The fourth-order valence-corrected chi connectivity index (χ4v) is 5.49. The van der Waals surface area contributed by atoms with Crippen LogP contribution in [0.2, 0.25) is 0 Å². The number of piperidine rings is 1. The van der Waals surface area contributed by atoms with Crippen LogP contribution >= 0.6 is 0 Å². The van der Waals surface area contributed by atoms with Gasteiger partial charge < -0.3 is 10.4 Å². The molecule has 6 nitrogen and oxygen atoms in total. The Bertz CT molecular complexity index is 477. The third-order valence-electron chi connectivity index (χ3n) is 4.45. The first kappa shape index (κ1) is 16.7. The van der Waals surface area contributed by atoms with Crippen LogP contribution in [-0.4, -0.2) is 67.6 Å². The number of aliphatic hydroxyl groups excluding tert-OH is 1. The molecule has 2 unspecified atom stereocenters. The van der Waals surface area contributed by atoms with Crippen molar-refractivity contribution < 1.29 is 18.3 Å². The zero-order chi connectivity index (χ0) is 15.5. The lowest BCUT2D eigenvalue weighted by atomic mass is 9.95. The van der Waals surface area contributed by atoms with Crippen LogP contribution < -0.4 is 5.32 Å². The molecular formula is C14H26N2O4S. The predicted molar refractivity (Wildman–Crippen MR) is 80.7 cm³/mol. The van der Waals surface area contributed by atoms with E-state index in [1.807, 2.05) is 0 Å². The maximum atomic E-state index is 12.2. The average Bonchev–Trinajstić information content (AvgIpc) is 2.63. The Kier molecular flexibility index (Phi) is 5.27. The molecule has 1 amide bonds. The summed E-state index contributed by atoms with van der Waals surface area (Å²) >= 11 is 0. The van der Waals surface area contributed by atoms with Crippen molar-refractivity contribution in [2.75, 3.05) is 37.7 Å². The monoisotopic (exact) mass is 318 g/mol. The fraction of sp³-hybridized carbons (Fsp3) is 0.929. The highest BCUT2D eigenvalue weighted by Gasteiger charge is 2.39. The minimum Gasteiger partial charge on any atom is -0.396 e. The average molecular weight is 318 g/mol. The van der Waals surface area contributed by atoms with Crippen LogP contribution in [-0.2, 0) is 14.6 Å². The molecular weight excluding hydrogens is 292 g/mol. The lowest BCUT2D eigenvalue weighted by Crippen LogP contribution is -2.51. The second kappa shape index (κ2) is 6.62. The van der Waals surface area contributed by atoms with E-state index in [4.69, 9.17) is 5.11 Å². The molecule has 0 aliphatic carbocycles. The van der Waals surface area contributed by atoms with Gasteiger partial charge in [0.2, 0.25) is 5.91 Å². The molecule has 21 heavy (non-hydrogen) atoms. The first-order valence-electron chi connectivity index (χ1n) is 7.67. The smallest absolute Gasteiger partial charge is 0.234 e. The molecule has 2 rings (SSSR count). The van der Waals surface area contributed by atoms with Gasteiger partial charge in [0.05, 0.1) is 23.6 Å². The number of nitrogens with one attached hydrogen (secondary N) is 1. The first-order valence-corrected chi connectivity index (χ1v) is 9.49. The second-order valence-electron chi connectivity index (χ2n) is 6.71. The lowest BCUT2D eigenvalue weighted by molar-refractivity contribution is -0.124. The molecule has 2 heterocycles. The van der Waals surface area contributed by atoms with Crippen LogP contribution in [0.5, 0.6) is 0 Å². The maximum Gasteiger partial charge on any atom is 0.234 e. The summed E-state index contributed by atoms with van der Waals surface area (Å²) in [4.78, 5) is 14.3. The minimum atomic E-state index is -3.00. The molecule has 0 saturated carbocycles. The van der Waals surface area contributed by atoms with Gasteiger partial charge in [-0.25, -0.2) is 8.42 Å². The summed E-state index contributed by atoms with van der Waals surface area (Å²) in [5, 5.41) is 11.9. The zero-order valence-electron chi connectivity index (χ0n) is 12.7. The highest BCUT2D eigenvalue weighted by molar-refractivity contribution is 7.91. The van der Waals surface area contributed by atoms with Crippen LogP contribution in [0.3, 0.4) is 0 Å². The quantitative estimate of drug-likeness (QED) is 0.731. The molecule has 0 aromatic heterocycles. The van der Waals surface area contributed by atoms with E-state index in [0.29, 0.717) is 18.9 Å². The Morgan fingerprint density at radius 1 is 1.48 bits per heavy atom. The van der Waals surface area contributed by atoms with E-state index in [9.17, 15) is 13.2 Å². The van der Waals surface area contributed by atoms with Gasteiger partial charge in [-0.1, -0.05) is 0 Å². The second-order valence-corrected chi connectivity index (χ2v) is 8.89. The Morgan fingerprint density at radius 2 is 2.24 bits per heavy atom. The Hall–Kier alpha value is -0.660. The summed E-state index contributed by atoms with van der Waals surface area (Å²) in [7, 11) is -3.00. The SMILES string of the molecule is CC1(NC(=O)CN2CCCC(CCO)C2)CCS(=O)(=O)C1. The number of hydrogen-bond donors (Lipinski definition) is 2. The van der Waals surface area contributed by atoms with Crippen molar-refractivity contribution in [3.05, 3.63) is 0 Å². The number of aliphatic hydroxyl groups is 1. The molecule has 0 bridgehead atoms. The van der Waals surface area contributed by atoms with E-state index in [-0.39, 0.29) is 24.0 Å². The molecule has 2 aliphatic heterocycles. The van der Waals surface area contributed by atoms with E-state index >= 15 is 0 Å². The van der Waals surface area contributed by atoms with Crippen LogP contribution in [0, 0.1) is 5.92 Å². The normalized spacial score (nSPS) is 33.0. The zero-order valence-corrected chi connectivity index (χ0v) is 13.5. The van der Waals surface area contributed by atoms with Gasteiger partial charge in [0.25, 0.3) is 0 Å². The largest absolute Gasteiger partial charge is 0.396 e. The van der Waals surface area contributed by atoms with Gasteiger partial charge in [-0.05, 0) is 45.1 Å². The van der Waals surface area contributed by atoms with Crippen molar-refractivity contribution >= 4 is 15.7 Å². The van der Waals surface area contributed by atoms with Crippen LogP contribution in [0.4, 0.5) is 0 Å². The van der Waals surface area contributed by atoms with E-state index in [1.165, 1.54) is 0 Å². The molecule has 7 heteroatoms. The molecule has 2 saturated heterocycles. The molecule has 0 aromatic carbocycles. The summed E-state index contributed by atoms with van der Waals surface area (Å²) in [6, 6.07) is 0. The lowest BCUT2D eigenvalue weighted by Gasteiger charge is -2.33. The highest BCUT2D eigenvalue weighted by atomic mass is 32.2. The molecule has 2 N–H and O–H groups in total. The third kappa shape index (κ3) is 4.93. The topological polar surface area (TPSA) is 86.7 Å².